The Bertz CT molecular complexity index is 1250. The standard InChI is InChI=1S/C27H40Cl2N4O5S2/c1-19-9-13-21(14-10-19)39(35,36)26(28,17-5-3-7-23(30)31)25(34)27(29,18-6-4-8-24(32)33)40(37,38)22-15-11-20(2)12-16-22/h9-16,23-24H,3-8,17-18,30-33H2,1-2H3. The predicted molar refractivity (Wildman–Crippen MR) is 160 cm³/mol. The summed E-state index contributed by atoms with van der Waals surface area (Å²) < 4.78 is 50.7. The van der Waals surface area contributed by atoms with E-state index in [0.717, 1.165) is 11.1 Å². The molecule has 0 spiro atoms. The highest BCUT2D eigenvalue weighted by Crippen LogP contribution is 2.46. The first-order valence-corrected chi connectivity index (χ1v) is 16.8. The second kappa shape index (κ2) is 14.1. The van der Waals surface area contributed by atoms with Gasteiger partial charge in [0.2, 0.25) is 33.9 Å². The lowest BCUT2D eigenvalue weighted by molar-refractivity contribution is -0.120. The van der Waals surface area contributed by atoms with Crippen LogP contribution in [0.5, 0.6) is 0 Å². The van der Waals surface area contributed by atoms with Gasteiger partial charge in [-0.05, 0) is 63.8 Å². The van der Waals surface area contributed by atoms with Gasteiger partial charge in [-0.1, -0.05) is 84.3 Å². The molecule has 8 N–H and O–H groups in total. The molecule has 2 rings (SSSR count). The average Bonchev–Trinajstić information content (AvgIpc) is 2.88. The molecule has 0 fully saturated rings. The highest BCUT2D eigenvalue weighted by molar-refractivity contribution is 7.97. The Morgan fingerprint density at radius 1 is 0.650 bits per heavy atom. The van der Waals surface area contributed by atoms with Crippen molar-refractivity contribution >= 4 is 48.7 Å². The minimum absolute atomic E-state index is 0.130. The van der Waals surface area contributed by atoms with Gasteiger partial charge in [0.15, 0.2) is 0 Å². The van der Waals surface area contributed by atoms with Crippen molar-refractivity contribution in [1.29, 1.82) is 0 Å². The second-order valence-electron chi connectivity index (χ2n) is 10.2. The average molecular weight is 636 g/mol. The molecule has 0 saturated carbocycles. The number of aryl methyl sites for hydroxylation is 2. The Morgan fingerprint density at radius 2 is 0.950 bits per heavy atom. The summed E-state index contributed by atoms with van der Waals surface area (Å²) in [5, 5.41) is 0. The summed E-state index contributed by atoms with van der Waals surface area (Å²) in [6.45, 7) is 3.55. The van der Waals surface area contributed by atoms with Crippen molar-refractivity contribution in [2.24, 2.45) is 22.9 Å². The normalized spacial score (nSPS) is 15.7. The van der Waals surface area contributed by atoms with Crippen LogP contribution in [-0.4, -0.2) is 43.4 Å². The lowest BCUT2D eigenvalue weighted by Gasteiger charge is -2.34. The third kappa shape index (κ3) is 7.83. The molecule has 2 unspecified atom stereocenters. The Labute approximate surface area is 247 Å². The number of carbonyl (C=O) groups excluding carboxylic acids is 1. The van der Waals surface area contributed by atoms with E-state index < -0.39 is 59.0 Å². The van der Waals surface area contributed by atoms with Crippen LogP contribution in [0.4, 0.5) is 0 Å². The smallest absolute Gasteiger partial charge is 0.210 e. The van der Waals surface area contributed by atoms with Crippen LogP contribution >= 0.6 is 23.2 Å². The van der Waals surface area contributed by atoms with Crippen LogP contribution in [0.15, 0.2) is 58.3 Å². The number of carbonyl (C=O) groups is 1. The van der Waals surface area contributed by atoms with E-state index in [-0.39, 0.29) is 22.6 Å². The van der Waals surface area contributed by atoms with Gasteiger partial charge in [0, 0.05) is 0 Å². The van der Waals surface area contributed by atoms with Crippen molar-refractivity contribution in [2.45, 2.75) is 95.7 Å². The van der Waals surface area contributed by atoms with Gasteiger partial charge in [0.1, 0.15) is 0 Å². The molecule has 13 heteroatoms. The molecule has 0 aliphatic carbocycles. The first-order chi connectivity index (χ1) is 18.5. The van der Waals surface area contributed by atoms with Crippen molar-refractivity contribution in [1.82, 2.24) is 0 Å². The van der Waals surface area contributed by atoms with Crippen molar-refractivity contribution in [3.8, 4) is 0 Å². The monoisotopic (exact) mass is 634 g/mol. The van der Waals surface area contributed by atoms with Gasteiger partial charge in [0.05, 0.1) is 22.1 Å². The number of Topliss-reactive ketones (excluding diaryl/α,β-unsaturated/α-hetero) is 1. The highest BCUT2D eigenvalue weighted by Gasteiger charge is 2.61. The van der Waals surface area contributed by atoms with Crippen LogP contribution in [0.25, 0.3) is 0 Å². The van der Waals surface area contributed by atoms with E-state index in [0.29, 0.717) is 25.7 Å². The summed E-state index contributed by atoms with van der Waals surface area (Å²) in [7, 11) is -9.26. The Hall–Kier alpha value is -1.57. The fourth-order valence-electron chi connectivity index (χ4n) is 4.29. The van der Waals surface area contributed by atoms with Crippen molar-refractivity contribution in [3.05, 3.63) is 59.7 Å². The molecule has 2 aromatic rings. The second-order valence-corrected chi connectivity index (χ2v) is 16.3. The van der Waals surface area contributed by atoms with Gasteiger partial charge in [-0.15, -0.1) is 0 Å². The lowest BCUT2D eigenvalue weighted by Crippen LogP contribution is -2.54. The van der Waals surface area contributed by atoms with Crippen LogP contribution in [0.2, 0.25) is 0 Å². The van der Waals surface area contributed by atoms with Gasteiger partial charge in [-0.3, -0.25) is 4.79 Å². The fourth-order valence-corrected chi connectivity index (χ4v) is 9.04. The zero-order valence-electron chi connectivity index (χ0n) is 22.9. The Balaban J connectivity index is 2.69. The molecule has 2 aromatic carbocycles. The van der Waals surface area contributed by atoms with Gasteiger partial charge in [-0.25, -0.2) is 16.8 Å². The Kier molecular flexibility index (Phi) is 12.2. The maximum atomic E-state index is 14.4. The van der Waals surface area contributed by atoms with E-state index in [4.69, 9.17) is 46.1 Å². The van der Waals surface area contributed by atoms with Crippen molar-refractivity contribution in [3.63, 3.8) is 0 Å². The lowest BCUT2D eigenvalue weighted by atomic mass is 10.0. The molecule has 9 nitrogen and oxygen atoms in total. The van der Waals surface area contributed by atoms with Crippen LogP contribution in [0, 0.1) is 13.8 Å². The molecule has 0 aromatic heterocycles. The summed E-state index contributed by atoms with van der Waals surface area (Å²) in [6, 6.07) is 11.6. The SMILES string of the molecule is Cc1ccc(S(=O)(=O)C(Cl)(CCCCC(N)N)C(=O)C(Cl)(CCCCC(N)N)S(=O)(=O)c2ccc(C)cc2)cc1. The van der Waals surface area contributed by atoms with Gasteiger partial charge >= 0.3 is 0 Å². The molecule has 40 heavy (non-hydrogen) atoms. The molecule has 2 atom stereocenters. The zero-order valence-corrected chi connectivity index (χ0v) is 26.0. The quantitative estimate of drug-likeness (QED) is 0.121. The molecule has 224 valence electrons. The van der Waals surface area contributed by atoms with Crippen molar-refractivity contribution in [2.75, 3.05) is 0 Å². The molecule has 0 aliphatic rings. The summed E-state index contributed by atoms with van der Waals surface area (Å²) >= 11 is 13.7. The van der Waals surface area contributed by atoms with Crippen LogP contribution in [0.3, 0.4) is 0 Å². The summed E-state index contributed by atoms with van der Waals surface area (Å²) in [6.07, 6.45) is -0.417. The van der Waals surface area contributed by atoms with E-state index in [1.165, 1.54) is 24.3 Å². The number of ketones is 1. The minimum atomic E-state index is -4.63. The number of rotatable bonds is 16. The third-order valence-corrected chi connectivity index (χ3v) is 13.0. The maximum absolute atomic E-state index is 14.4. The van der Waals surface area contributed by atoms with E-state index in [9.17, 15) is 21.6 Å². The number of halogens is 2. The molecule has 0 heterocycles. The van der Waals surface area contributed by atoms with Crippen molar-refractivity contribution < 1.29 is 21.6 Å². The first kappa shape index (κ1) is 34.6. The number of hydrogen-bond acceptors (Lipinski definition) is 9. The number of nitrogens with two attached hydrogens (primary N) is 4. The van der Waals surface area contributed by atoms with Gasteiger partial charge < -0.3 is 22.9 Å². The zero-order chi connectivity index (χ0) is 30.4. The molecular formula is C27H40Cl2N4O5S2. The number of benzene rings is 2. The largest absolute Gasteiger partial charge is 0.316 e. The summed E-state index contributed by atoms with van der Waals surface area (Å²) in [5.74, 6) is -1.32. The highest BCUT2D eigenvalue weighted by atomic mass is 35.5. The van der Waals surface area contributed by atoms with Crippen LogP contribution in [-0.2, 0) is 24.5 Å². The molecule has 0 amide bonds. The first-order valence-electron chi connectivity index (χ1n) is 13.1. The maximum Gasteiger partial charge on any atom is 0.210 e. The minimum Gasteiger partial charge on any atom is -0.316 e. The summed E-state index contributed by atoms with van der Waals surface area (Å²) in [5.41, 5.74) is 24.1. The number of alkyl halides is 2. The molecule has 0 aliphatic heterocycles. The topological polar surface area (TPSA) is 189 Å². The summed E-state index contributed by atoms with van der Waals surface area (Å²) in [4.78, 5) is 13.9. The van der Waals surface area contributed by atoms with Crippen LogP contribution in [0.1, 0.15) is 62.5 Å². The molecular weight excluding hydrogens is 595 g/mol. The van der Waals surface area contributed by atoms with Crippen LogP contribution < -0.4 is 22.9 Å². The fraction of sp³-hybridized carbons (Fsp3) is 0.519. The van der Waals surface area contributed by atoms with E-state index >= 15 is 0 Å². The predicted octanol–water partition coefficient (Wildman–Crippen LogP) is 3.60. The number of sulfone groups is 2. The molecule has 0 saturated heterocycles. The van der Waals surface area contributed by atoms with E-state index in [1.807, 2.05) is 0 Å². The van der Waals surface area contributed by atoms with E-state index in [2.05, 4.69) is 0 Å². The van der Waals surface area contributed by atoms with E-state index in [1.54, 1.807) is 38.1 Å². The van der Waals surface area contributed by atoms with Gasteiger partial charge in [0.25, 0.3) is 0 Å². The number of hydrogen-bond donors (Lipinski definition) is 4. The molecule has 0 bridgehead atoms. The Morgan fingerprint density at radius 3 is 1.23 bits per heavy atom. The molecule has 0 radical (unpaired) electrons. The number of unbranched alkanes of at least 4 members (excludes halogenated alkanes) is 2. The van der Waals surface area contributed by atoms with Gasteiger partial charge in [-0.2, -0.15) is 0 Å². The third-order valence-electron chi connectivity index (χ3n) is 6.76.